The molecule has 0 aliphatic carbocycles. The molecule has 152 valence electrons. The van der Waals surface area contributed by atoms with Gasteiger partial charge in [-0.25, -0.2) is 8.78 Å². The molecular formula is C25H17F5. The number of hydrogen-bond donors (Lipinski definition) is 0. The molecule has 0 unspecified atom stereocenters. The maximum absolute atomic E-state index is 15.1. The first kappa shape index (κ1) is 20.1. The standard InChI is InChI=1S/C25H17F5/c1-2-15-3-10-21-17(13-15)7-12-22(24(21)27)18-6-11-20(23(26)14-18)16-4-8-19(9-5-16)25(28,29)30/h3-14H,2H2,1H3. The molecule has 0 amide bonds. The van der Waals surface area contributed by atoms with Crippen LogP contribution < -0.4 is 0 Å². The Morgan fingerprint density at radius 3 is 2.00 bits per heavy atom. The Hall–Kier alpha value is -3.21. The Bertz CT molecular complexity index is 1220. The first-order chi connectivity index (χ1) is 14.3. The fourth-order valence-electron chi connectivity index (χ4n) is 3.54. The van der Waals surface area contributed by atoms with E-state index in [9.17, 15) is 17.6 Å². The number of halogens is 5. The van der Waals surface area contributed by atoms with Gasteiger partial charge < -0.3 is 0 Å². The van der Waals surface area contributed by atoms with Gasteiger partial charge in [0.15, 0.2) is 0 Å². The lowest BCUT2D eigenvalue weighted by atomic mass is 9.96. The number of rotatable bonds is 3. The molecule has 30 heavy (non-hydrogen) atoms. The van der Waals surface area contributed by atoms with E-state index in [4.69, 9.17) is 0 Å². The zero-order chi connectivity index (χ0) is 21.5. The summed E-state index contributed by atoms with van der Waals surface area (Å²) < 4.78 is 68.0. The van der Waals surface area contributed by atoms with Gasteiger partial charge in [0.2, 0.25) is 0 Å². The van der Waals surface area contributed by atoms with Crippen LogP contribution in [0.15, 0.2) is 72.8 Å². The third-order valence-electron chi connectivity index (χ3n) is 5.23. The Morgan fingerprint density at radius 1 is 0.700 bits per heavy atom. The molecule has 0 heterocycles. The molecule has 0 spiro atoms. The number of hydrogen-bond acceptors (Lipinski definition) is 0. The monoisotopic (exact) mass is 412 g/mol. The van der Waals surface area contributed by atoms with Crippen LogP contribution in [-0.4, -0.2) is 0 Å². The van der Waals surface area contributed by atoms with Crippen molar-refractivity contribution in [3.63, 3.8) is 0 Å². The van der Waals surface area contributed by atoms with Gasteiger partial charge in [0.25, 0.3) is 0 Å². The molecule has 0 nitrogen and oxygen atoms in total. The molecule has 5 heteroatoms. The quantitative estimate of drug-likeness (QED) is 0.299. The summed E-state index contributed by atoms with van der Waals surface area (Å²) in [7, 11) is 0. The third kappa shape index (κ3) is 3.67. The van der Waals surface area contributed by atoms with Crippen molar-refractivity contribution in [2.24, 2.45) is 0 Å². The van der Waals surface area contributed by atoms with Crippen molar-refractivity contribution in [3.8, 4) is 22.3 Å². The number of benzene rings is 4. The zero-order valence-corrected chi connectivity index (χ0v) is 16.0. The highest BCUT2D eigenvalue weighted by Gasteiger charge is 2.30. The predicted octanol–water partition coefficient (Wildman–Crippen LogP) is 8.03. The summed E-state index contributed by atoms with van der Waals surface area (Å²) in [6.45, 7) is 2.02. The van der Waals surface area contributed by atoms with Crippen molar-refractivity contribution in [2.75, 3.05) is 0 Å². The maximum atomic E-state index is 15.1. The van der Waals surface area contributed by atoms with Crippen LogP contribution in [-0.2, 0) is 12.6 Å². The van der Waals surface area contributed by atoms with Gasteiger partial charge in [-0.2, -0.15) is 13.2 Å². The van der Waals surface area contributed by atoms with E-state index < -0.39 is 23.4 Å². The number of fused-ring (bicyclic) bond motifs is 1. The van der Waals surface area contributed by atoms with E-state index in [0.717, 1.165) is 29.5 Å². The van der Waals surface area contributed by atoms with Crippen molar-refractivity contribution in [1.29, 1.82) is 0 Å². The molecule has 0 radical (unpaired) electrons. The molecule has 0 atom stereocenters. The Balaban J connectivity index is 1.72. The summed E-state index contributed by atoms with van der Waals surface area (Å²) >= 11 is 0. The van der Waals surface area contributed by atoms with E-state index >= 15 is 4.39 Å². The van der Waals surface area contributed by atoms with Gasteiger partial charge in [0.05, 0.1) is 5.56 Å². The summed E-state index contributed by atoms with van der Waals surface area (Å²) in [6, 6.07) is 17.4. The second-order valence-electron chi connectivity index (χ2n) is 7.11. The fourth-order valence-corrected chi connectivity index (χ4v) is 3.54. The minimum absolute atomic E-state index is 0.154. The molecule has 0 N–H and O–H groups in total. The van der Waals surface area contributed by atoms with Crippen molar-refractivity contribution >= 4 is 10.8 Å². The Labute approximate surface area is 170 Å². The second-order valence-corrected chi connectivity index (χ2v) is 7.11. The molecule has 0 aliphatic rings. The SMILES string of the molecule is CCc1ccc2c(F)c(-c3ccc(-c4ccc(C(F)(F)F)cc4)c(F)c3)ccc2c1. The van der Waals surface area contributed by atoms with Gasteiger partial charge in [0, 0.05) is 16.5 Å². The molecule has 0 bridgehead atoms. The molecule has 4 aromatic rings. The van der Waals surface area contributed by atoms with E-state index in [2.05, 4.69) is 0 Å². The molecule has 4 aromatic carbocycles. The molecule has 0 aromatic heterocycles. The van der Waals surface area contributed by atoms with E-state index in [-0.39, 0.29) is 11.1 Å². The summed E-state index contributed by atoms with van der Waals surface area (Å²) in [5, 5.41) is 1.23. The highest BCUT2D eigenvalue weighted by molar-refractivity contribution is 5.89. The summed E-state index contributed by atoms with van der Waals surface area (Å²) in [5.41, 5.74) is 1.40. The van der Waals surface area contributed by atoms with E-state index in [1.165, 1.54) is 24.3 Å². The van der Waals surface area contributed by atoms with Crippen LogP contribution in [0.25, 0.3) is 33.0 Å². The van der Waals surface area contributed by atoms with Gasteiger partial charge in [-0.1, -0.05) is 61.5 Å². The molecule has 0 saturated heterocycles. The smallest absolute Gasteiger partial charge is 0.206 e. The van der Waals surface area contributed by atoms with Crippen molar-refractivity contribution in [3.05, 3.63) is 95.6 Å². The van der Waals surface area contributed by atoms with Gasteiger partial charge >= 0.3 is 6.18 Å². The van der Waals surface area contributed by atoms with Gasteiger partial charge in [-0.3, -0.25) is 0 Å². The molecular weight excluding hydrogens is 395 g/mol. The van der Waals surface area contributed by atoms with E-state index in [1.807, 2.05) is 19.1 Å². The van der Waals surface area contributed by atoms with Crippen LogP contribution >= 0.6 is 0 Å². The van der Waals surface area contributed by atoms with Gasteiger partial charge in [-0.15, -0.1) is 0 Å². The van der Waals surface area contributed by atoms with E-state index in [0.29, 0.717) is 16.5 Å². The largest absolute Gasteiger partial charge is 0.416 e. The molecule has 4 rings (SSSR count). The zero-order valence-electron chi connectivity index (χ0n) is 16.0. The van der Waals surface area contributed by atoms with Crippen LogP contribution in [0, 0.1) is 11.6 Å². The highest BCUT2D eigenvalue weighted by atomic mass is 19.4. The van der Waals surface area contributed by atoms with Crippen LogP contribution in [0.4, 0.5) is 22.0 Å². The number of alkyl halides is 3. The fraction of sp³-hybridized carbons (Fsp3) is 0.120. The molecule has 0 aliphatic heterocycles. The maximum Gasteiger partial charge on any atom is 0.416 e. The first-order valence-corrected chi connectivity index (χ1v) is 9.46. The van der Waals surface area contributed by atoms with E-state index in [1.54, 1.807) is 24.3 Å². The van der Waals surface area contributed by atoms with Crippen molar-refractivity contribution in [2.45, 2.75) is 19.5 Å². The minimum atomic E-state index is -4.45. The topological polar surface area (TPSA) is 0 Å². The van der Waals surface area contributed by atoms with Crippen molar-refractivity contribution < 1.29 is 22.0 Å². The molecule has 0 fully saturated rings. The summed E-state index contributed by atoms with van der Waals surface area (Å²) in [4.78, 5) is 0. The Kier molecular flexibility index (Phi) is 5.06. The second kappa shape index (κ2) is 7.56. The van der Waals surface area contributed by atoms with Gasteiger partial charge in [-0.05, 0) is 46.7 Å². The average Bonchev–Trinajstić information content (AvgIpc) is 2.73. The third-order valence-corrected chi connectivity index (χ3v) is 5.23. The summed E-state index contributed by atoms with van der Waals surface area (Å²) in [6.07, 6.45) is -3.61. The normalized spacial score (nSPS) is 11.8. The lowest BCUT2D eigenvalue weighted by Crippen LogP contribution is -2.04. The Morgan fingerprint density at radius 2 is 1.37 bits per heavy atom. The van der Waals surface area contributed by atoms with Crippen molar-refractivity contribution in [1.82, 2.24) is 0 Å². The molecule has 0 saturated carbocycles. The lowest BCUT2D eigenvalue weighted by molar-refractivity contribution is -0.137. The minimum Gasteiger partial charge on any atom is -0.206 e. The lowest BCUT2D eigenvalue weighted by Gasteiger charge is -2.11. The number of aryl methyl sites for hydroxylation is 1. The van der Waals surface area contributed by atoms with Crippen LogP contribution in [0.2, 0.25) is 0 Å². The van der Waals surface area contributed by atoms with Crippen LogP contribution in [0.1, 0.15) is 18.1 Å². The summed E-state index contributed by atoms with van der Waals surface area (Å²) in [5.74, 6) is -1.06. The predicted molar refractivity (Wildman–Crippen MR) is 109 cm³/mol. The average molecular weight is 412 g/mol. The van der Waals surface area contributed by atoms with Gasteiger partial charge in [0.1, 0.15) is 11.6 Å². The highest BCUT2D eigenvalue weighted by Crippen LogP contribution is 2.34. The first-order valence-electron chi connectivity index (χ1n) is 9.46. The van der Waals surface area contributed by atoms with Crippen LogP contribution in [0.5, 0.6) is 0 Å². The van der Waals surface area contributed by atoms with Crippen LogP contribution in [0.3, 0.4) is 0 Å².